The second-order valence-electron chi connectivity index (χ2n) is 7.22. The van der Waals surface area contributed by atoms with Crippen molar-refractivity contribution in [1.29, 1.82) is 0 Å². The fourth-order valence-corrected chi connectivity index (χ4v) is 3.58. The highest BCUT2D eigenvalue weighted by atomic mass is 79.9. The van der Waals surface area contributed by atoms with Crippen LogP contribution in [0.2, 0.25) is 0 Å². The van der Waals surface area contributed by atoms with Gasteiger partial charge < -0.3 is 9.88 Å². The van der Waals surface area contributed by atoms with Crippen molar-refractivity contribution in [3.05, 3.63) is 104 Å². The number of carbonyl (C=O) groups excluding carboxylic acids is 2. The summed E-state index contributed by atoms with van der Waals surface area (Å²) in [5.74, 6) is -1.38. The van der Waals surface area contributed by atoms with Gasteiger partial charge in [0.1, 0.15) is 18.0 Å². The van der Waals surface area contributed by atoms with Crippen molar-refractivity contribution < 1.29 is 14.0 Å². The molecule has 0 saturated carbocycles. The van der Waals surface area contributed by atoms with E-state index in [2.05, 4.69) is 26.2 Å². The molecule has 0 fully saturated rings. The number of hydrogen-bond acceptors (Lipinski definition) is 4. The van der Waals surface area contributed by atoms with E-state index >= 15 is 0 Å². The summed E-state index contributed by atoms with van der Waals surface area (Å²) in [5, 5.41) is 2.85. The summed E-state index contributed by atoms with van der Waals surface area (Å²) in [7, 11) is 0. The first-order valence-electron chi connectivity index (χ1n) is 9.68. The van der Waals surface area contributed by atoms with Gasteiger partial charge >= 0.3 is 0 Å². The van der Waals surface area contributed by atoms with Gasteiger partial charge in [-0.05, 0) is 61.5 Å². The van der Waals surface area contributed by atoms with Gasteiger partial charge in [0.2, 0.25) is 11.3 Å². The molecule has 2 aromatic heterocycles. The normalized spacial score (nSPS) is 10.8. The molecular weight excluding hydrogens is 477 g/mol. The van der Waals surface area contributed by atoms with Gasteiger partial charge in [0.15, 0.2) is 5.78 Å². The Kier molecular flexibility index (Phi) is 5.96. The SMILES string of the molecule is Cc1ccc2c(=O)c(C(=O)c3ccc(Br)cc3)cn(CC(=O)Nc3cccc(F)c3)c2n1. The van der Waals surface area contributed by atoms with Crippen molar-refractivity contribution in [3.63, 3.8) is 0 Å². The van der Waals surface area contributed by atoms with E-state index in [0.29, 0.717) is 16.9 Å². The fraction of sp³-hybridized carbons (Fsp3) is 0.0833. The van der Waals surface area contributed by atoms with Gasteiger partial charge in [-0.3, -0.25) is 14.4 Å². The van der Waals surface area contributed by atoms with Crippen molar-refractivity contribution >= 4 is 44.3 Å². The maximum atomic E-state index is 13.4. The van der Waals surface area contributed by atoms with Crippen LogP contribution in [-0.4, -0.2) is 21.2 Å². The topological polar surface area (TPSA) is 81.1 Å². The van der Waals surface area contributed by atoms with Crippen LogP contribution in [0.1, 0.15) is 21.6 Å². The zero-order valence-corrected chi connectivity index (χ0v) is 18.5. The minimum absolute atomic E-state index is 0.0657. The Bertz CT molecular complexity index is 1410. The average molecular weight is 494 g/mol. The van der Waals surface area contributed by atoms with Gasteiger partial charge in [-0.1, -0.05) is 22.0 Å². The number of carbonyl (C=O) groups is 2. The minimum atomic E-state index is -0.476. The summed E-state index contributed by atoms with van der Waals surface area (Å²) < 4.78 is 15.7. The molecule has 0 spiro atoms. The van der Waals surface area contributed by atoms with E-state index in [9.17, 15) is 18.8 Å². The molecule has 0 aliphatic carbocycles. The van der Waals surface area contributed by atoms with Crippen molar-refractivity contribution in [2.45, 2.75) is 13.5 Å². The summed E-state index contributed by atoms with van der Waals surface area (Å²) in [6.45, 7) is 1.55. The van der Waals surface area contributed by atoms with Crippen LogP contribution in [0.3, 0.4) is 0 Å². The van der Waals surface area contributed by atoms with E-state index in [1.165, 1.54) is 29.0 Å². The van der Waals surface area contributed by atoms with Crippen molar-refractivity contribution in [2.24, 2.45) is 0 Å². The first-order valence-corrected chi connectivity index (χ1v) is 10.5. The molecule has 0 radical (unpaired) electrons. The molecule has 6 nitrogen and oxygen atoms in total. The quantitative estimate of drug-likeness (QED) is 0.415. The number of ketones is 1. The molecule has 0 bridgehead atoms. The number of hydrogen-bond donors (Lipinski definition) is 1. The fourth-order valence-electron chi connectivity index (χ4n) is 3.32. The molecule has 32 heavy (non-hydrogen) atoms. The highest BCUT2D eigenvalue weighted by molar-refractivity contribution is 9.10. The molecule has 8 heteroatoms. The lowest BCUT2D eigenvalue weighted by molar-refractivity contribution is -0.116. The number of fused-ring (bicyclic) bond motifs is 1. The average Bonchev–Trinajstić information content (AvgIpc) is 2.75. The summed E-state index contributed by atoms with van der Waals surface area (Å²) in [5.41, 5.74) is 1.07. The number of anilines is 1. The second-order valence-corrected chi connectivity index (χ2v) is 8.13. The maximum Gasteiger partial charge on any atom is 0.244 e. The largest absolute Gasteiger partial charge is 0.324 e. The van der Waals surface area contributed by atoms with Gasteiger partial charge in [0.25, 0.3) is 0 Å². The standard InChI is InChI=1S/C24H17BrFN3O3/c1-14-5-10-19-23(32)20(22(31)15-6-8-16(25)9-7-15)12-29(24(19)27-14)13-21(30)28-18-4-2-3-17(26)11-18/h2-12H,13H2,1H3,(H,28,30). The van der Waals surface area contributed by atoms with E-state index in [0.717, 1.165) is 4.47 Å². The smallest absolute Gasteiger partial charge is 0.244 e. The van der Waals surface area contributed by atoms with Crippen LogP contribution in [0, 0.1) is 12.7 Å². The van der Waals surface area contributed by atoms with Gasteiger partial charge in [-0.15, -0.1) is 0 Å². The Morgan fingerprint density at radius 3 is 2.56 bits per heavy atom. The zero-order chi connectivity index (χ0) is 22.8. The van der Waals surface area contributed by atoms with Crippen molar-refractivity contribution in [2.75, 3.05) is 5.32 Å². The molecule has 1 N–H and O–H groups in total. The summed E-state index contributed by atoms with van der Waals surface area (Å²) in [6, 6.07) is 15.5. The monoisotopic (exact) mass is 493 g/mol. The number of amides is 1. The Balaban J connectivity index is 1.76. The van der Waals surface area contributed by atoms with Crippen LogP contribution in [0.15, 0.2) is 76.1 Å². The van der Waals surface area contributed by atoms with Crippen molar-refractivity contribution in [1.82, 2.24) is 9.55 Å². The van der Waals surface area contributed by atoms with Crippen LogP contribution >= 0.6 is 15.9 Å². The lowest BCUT2D eigenvalue weighted by Crippen LogP contribution is -2.25. The lowest BCUT2D eigenvalue weighted by Gasteiger charge is -2.13. The van der Waals surface area contributed by atoms with Gasteiger partial charge in [-0.2, -0.15) is 0 Å². The zero-order valence-electron chi connectivity index (χ0n) is 16.9. The summed E-state index contributed by atoms with van der Waals surface area (Å²) in [6.07, 6.45) is 1.35. The number of nitrogens with one attached hydrogen (secondary N) is 1. The first-order chi connectivity index (χ1) is 15.3. The second kappa shape index (κ2) is 8.84. The number of aromatic nitrogens is 2. The molecule has 2 heterocycles. The van der Waals surface area contributed by atoms with E-state index in [4.69, 9.17) is 0 Å². The van der Waals surface area contributed by atoms with Crippen LogP contribution in [0.4, 0.5) is 10.1 Å². The predicted octanol–water partition coefficient (Wildman–Crippen LogP) is 4.48. The number of halogens is 2. The molecule has 4 rings (SSSR count). The number of nitrogens with zero attached hydrogens (tertiary/aromatic N) is 2. The number of benzene rings is 2. The maximum absolute atomic E-state index is 13.4. The molecular formula is C24H17BrFN3O3. The molecule has 2 aromatic carbocycles. The third-order valence-corrected chi connectivity index (χ3v) is 5.36. The Hall–Kier alpha value is -3.65. The highest BCUT2D eigenvalue weighted by Crippen LogP contribution is 2.17. The summed E-state index contributed by atoms with van der Waals surface area (Å²) >= 11 is 3.32. The molecule has 1 amide bonds. The third kappa shape index (κ3) is 4.50. The number of aryl methyl sites for hydroxylation is 1. The van der Waals surface area contributed by atoms with Gasteiger partial charge in [0.05, 0.1) is 10.9 Å². The molecule has 160 valence electrons. The van der Waals surface area contributed by atoms with Crippen LogP contribution in [0.25, 0.3) is 11.0 Å². The van der Waals surface area contributed by atoms with E-state index in [1.54, 1.807) is 49.4 Å². The first kappa shape index (κ1) is 21.6. The van der Waals surface area contributed by atoms with E-state index in [-0.39, 0.29) is 23.1 Å². The Morgan fingerprint density at radius 2 is 1.84 bits per heavy atom. The van der Waals surface area contributed by atoms with E-state index < -0.39 is 22.9 Å². The van der Waals surface area contributed by atoms with Crippen LogP contribution < -0.4 is 10.7 Å². The van der Waals surface area contributed by atoms with Gasteiger partial charge in [0, 0.05) is 27.6 Å². The molecule has 4 aromatic rings. The predicted molar refractivity (Wildman–Crippen MR) is 123 cm³/mol. The molecule has 0 aliphatic heterocycles. The molecule has 0 aliphatic rings. The Labute approximate surface area is 190 Å². The minimum Gasteiger partial charge on any atom is -0.324 e. The van der Waals surface area contributed by atoms with E-state index in [1.807, 2.05) is 0 Å². The lowest BCUT2D eigenvalue weighted by atomic mass is 10.0. The third-order valence-electron chi connectivity index (χ3n) is 4.83. The molecule has 0 unspecified atom stereocenters. The van der Waals surface area contributed by atoms with Crippen molar-refractivity contribution in [3.8, 4) is 0 Å². The highest BCUT2D eigenvalue weighted by Gasteiger charge is 2.19. The van der Waals surface area contributed by atoms with Gasteiger partial charge in [-0.25, -0.2) is 9.37 Å². The molecule has 0 atom stereocenters. The molecule has 0 saturated heterocycles. The number of rotatable bonds is 5. The van der Waals surface area contributed by atoms with Crippen LogP contribution in [-0.2, 0) is 11.3 Å². The Morgan fingerprint density at radius 1 is 1.09 bits per heavy atom. The van der Waals surface area contributed by atoms with Crippen LogP contribution in [0.5, 0.6) is 0 Å². The number of pyridine rings is 2. The summed E-state index contributed by atoms with van der Waals surface area (Å²) in [4.78, 5) is 43.2.